The van der Waals surface area contributed by atoms with Gasteiger partial charge in [-0.2, -0.15) is 0 Å². The van der Waals surface area contributed by atoms with Crippen molar-refractivity contribution in [1.82, 2.24) is 10.3 Å². The van der Waals surface area contributed by atoms with Crippen LogP contribution in [0.4, 0.5) is 0 Å². The first-order chi connectivity index (χ1) is 7.33. The molecule has 3 heteroatoms. The zero-order valence-electron chi connectivity index (χ0n) is 9.20. The van der Waals surface area contributed by atoms with Gasteiger partial charge in [0.1, 0.15) is 0 Å². The number of aryl methyl sites for hydroxylation is 1. The molecule has 0 radical (unpaired) electrons. The number of rotatable bonds is 3. The lowest BCUT2D eigenvalue weighted by Crippen LogP contribution is -2.33. The van der Waals surface area contributed by atoms with E-state index in [9.17, 15) is 0 Å². The van der Waals surface area contributed by atoms with Crippen molar-refractivity contribution in [3.63, 3.8) is 0 Å². The maximum Gasteiger partial charge on any atom is 0.0798 e. The number of nitrogens with zero attached hydrogens (tertiary/aromatic N) is 1. The zero-order chi connectivity index (χ0) is 10.3. The van der Waals surface area contributed by atoms with Crippen molar-refractivity contribution in [3.05, 3.63) is 16.1 Å². The Bertz CT molecular complexity index is 347. The monoisotopic (exact) mass is 222 g/mol. The number of hydrogen-bond acceptors (Lipinski definition) is 3. The largest absolute Gasteiger partial charge is 0.309 e. The van der Waals surface area contributed by atoms with E-state index in [1.807, 2.05) is 5.51 Å². The highest BCUT2D eigenvalue weighted by Gasteiger charge is 2.38. The molecule has 0 spiro atoms. The Kier molecular flexibility index (Phi) is 2.53. The first-order valence-corrected chi connectivity index (χ1v) is 6.83. The molecule has 15 heavy (non-hydrogen) atoms. The van der Waals surface area contributed by atoms with Crippen molar-refractivity contribution in [2.45, 2.75) is 45.2 Å². The van der Waals surface area contributed by atoms with E-state index in [4.69, 9.17) is 0 Å². The molecule has 1 heterocycles. The number of fused-ring (bicyclic) bond motifs is 2. The summed E-state index contributed by atoms with van der Waals surface area (Å²) < 4.78 is 0. The highest BCUT2D eigenvalue weighted by atomic mass is 32.1. The molecule has 0 aromatic carbocycles. The fourth-order valence-electron chi connectivity index (χ4n) is 3.21. The molecule has 2 saturated carbocycles. The van der Waals surface area contributed by atoms with Crippen molar-refractivity contribution in [2.24, 2.45) is 11.8 Å². The van der Waals surface area contributed by atoms with E-state index in [1.54, 1.807) is 11.3 Å². The Hall–Kier alpha value is -0.410. The Morgan fingerprint density at radius 1 is 1.47 bits per heavy atom. The predicted molar refractivity (Wildman–Crippen MR) is 62.9 cm³/mol. The average molecular weight is 222 g/mol. The molecule has 1 aromatic heterocycles. The second-order valence-corrected chi connectivity index (χ2v) is 5.96. The fraction of sp³-hybridized carbons (Fsp3) is 0.750. The van der Waals surface area contributed by atoms with Crippen molar-refractivity contribution in [2.75, 3.05) is 0 Å². The minimum absolute atomic E-state index is 0.797. The van der Waals surface area contributed by atoms with Crippen molar-refractivity contribution in [3.8, 4) is 0 Å². The first-order valence-electron chi connectivity index (χ1n) is 5.95. The summed E-state index contributed by atoms with van der Waals surface area (Å²) in [5.74, 6) is 2.01. The Morgan fingerprint density at radius 3 is 3.00 bits per heavy atom. The highest BCUT2D eigenvalue weighted by molar-refractivity contribution is 7.09. The highest BCUT2D eigenvalue weighted by Crippen LogP contribution is 2.44. The number of thiazole rings is 1. The minimum Gasteiger partial charge on any atom is -0.309 e. The van der Waals surface area contributed by atoms with Gasteiger partial charge in [0.2, 0.25) is 0 Å². The Labute approximate surface area is 95.1 Å². The van der Waals surface area contributed by atoms with E-state index >= 15 is 0 Å². The van der Waals surface area contributed by atoms with E-state index in [1.165, 1.54) is 36.3 Å². The maximum atomic E-state index is 4.29. The summed E-state index contributed by atoms with van der Waals surface area (Å²) in [6.45, 7) is 3.14. The van der Waals surface area contributed by atoms with Crippen molar-refractivity contribution < 1.29 is 0 Å². The van der Waals surface area contributed by atoms with Crippen LogP contribution >= 0.6 is 11.3 Å². The molecule has 2 bridgehead atoms. The Morgan fingerprint density at radius 2 is 2.40 bits per heavy atom. The average Bonchev–Trinajstić information content (AvgIpc) is 2.90. The summed E-state index contributed by atoms with van der Waals surface area (Å²) in [5.41, 5.74) is 3.16. The van der Waals surface area contributed by atoms with Crippen molar-refractivity contribution in [1.29, 1.82) is 0 Å². The molecule has 2 aliphatic rings. The molecule has 0 aliphatic heterocycles. The van der Waals surface area contributed by atoms with Crippen LogP contribution in [-0.2, 0) is 6.54 Å². The molecular formula is C12H18N2S. The van der Waals surface area contributed by atoms with Crippen LogP contribution < -0.4 is 5.32 Å². The van der Waals surface area contributed by atoms with E-state index in [0.717, 1.165) is 24.4 Å². The second-order valence-electron chi connectivity index (χ2n) is 5.02. The van der Waals surface area contributed by atoms with Gasteiger partial charge in [-0.25, -0.2) is 4.98 Å². The lowest BCUT2D eigenvalue weighted by molar-refractivity contribution is 0.351. The van der Waals surface area contributed by atoms with Gasteiger partial charge in [0.15, 0.2) is 0 Å². The van der Waals surface area contributed by atoms with Gasteiger partial charge in [-0.1, -0.05) is 6.42 Å². The molecule has 0 saturated heterocycles. The third kappa shape index (κ3) is 1.83. The van der Waals surface area contributed by atoms with Gasteiger partial charge < -0.3 is 5.32 Å². The summed E-state index contributed by atoms with van der Waals surface area (Å²) in [5, 5.41) is 3.73. The second kappa shape index (κ2) is 3.87. The molecule has 82 valence electrons. The number of nitrogens with one attached hydrogen (secondary N) is 1. The van der Waals surface area contributed by atoms with Crippen LogP contribution in [0.3, 0.4) is 0 Å². The standard InChI is InChI=1S/C12H18N2S/c1-8-12(15-7-14-8)6-13-11-5-9-2-3-10(11)4-9/h7,9-11,13H,2-6H2,1H3. The van der Waals surface area contributed by atoms with Crippen LogP contribution in [-0.4, -0.2) is 11.0 Å². The molecule has 2 fully saturated rings. The SMILES string of the molecule is Cc1ncsc1CNC1CC2CCC1C2. The molecule has 0 amide bonds. The van der Waals surface area contributed by atoms with Gasteiger partial charge in [0.05, 0.1) is 11.2 Å². The summed E-state index contributed by atoms with van der Waals surface area (Å²) in [6, 6.07) is 0.797. The van der Waals surface area contributed by atoms with Gasteiger partial charge >= 0.3 is 0 Å². The Balaban J connectivity index is 1.57. The summed E-state index contributed by atoms with van der Waals surface area (Å²) in [7, 11) is 0. The maximum absolute atomic E-state index is 4.29. The van der Waals surface area contributed by atoms with Gasteiger partial charge in [-0.3, -0.25) is 0 Å². The third-order valence-corrected chi connectivity index (χ3v) is 5.04. The van der Waals surface area contributed by atoms with Gasteiger partial charge in [0.25, 0.3) is 0 Å². The summed E-state index contributed by atoms with van der Waals surface area (Å²) in [4.78, 5) is 5.70. The molecule has 2 nitrogen and oxygen atoms in total. The smallest absolute Gasteiger partial charge is 0.0798 e. The fourth-order valence-corrected chi connectivity index (χ4v) is 3.94. The van der Waals surface area contributed by atoms with Crippen molar-refractivity contribution >= 4 is 11.3 Å². The third-order valence-electron chi connectivity index (χ3n) is 4.11. The minimum atomic E-state index is 0.797. The van der Waals surface area contributed by atoms with Crippen LogP contribution in [0.15, 0.2) is 5.51 Å². The molecule has 3 rings (SSSR count). The molecule has 3 atom stereocenters. The molecule has 1 N–H and O–H groups in total. The van der Waals surface area contributed by atoms with E-state index in [0.29, 0.717) is 0 Å². The van der Waals surface area contributed by atoms with Crippen LogP contribution in [0, 0.1) is 18.8 Å². The lowest BCUT2D eigenvalue weighted by atomic mass is 9.95. The molecule has 3 unspecified atom stereocenters. The van der Waals surface area contributed by atoms with E-state index < -0.39 is 0 Å². The number of aromatic nitrogens is 1. The quantitative estimate of drug-likeness (QED) is 0.850. The van der Waals surface area contributed by atoms with Crippen LogP contribution in [0.2, 0.25) is 0 Å². The summed E-state index contributed by atoms with van der Waals surface area (Å²) in [6.07, 6.45) is 5.86. The topological polar surface area (TPSA) is 24.9 Å². The lowest BCUT2D eigenvalue weighted by Gasteiger charge is -2.22. The normalized spacial score (nSPS) is 33.8. The van der Waals surface area contributed by atoms with Crippen LogP contribution in [0.5, 0.6) is 0 Å². The van der Waals surface area contributed by atoms with Gasteiger partial charge in [-0.05, 0) is 38.0 Å². The van der Waals surface area contributed by atoms with Gasteiger partial charge in [-0.15, -0.1) is 11.3 Å². The number of hydrogen-bond donors (Lipinski definition) is 1. The van der Waals surface area contributed by atoms with Crippen LogP contribution in [0.1, 0.15) is 36.3 Å². The zero-order valence-corrected chi connectivity index (χ0v) is 10.0. The van der Waals surface area contributed by atoms with Gasteiger partial charge in [0, 0.05) is 17.5 Å². The first kappa shape index (κ1) is 9.79. The molecule has 1 aromatic rings. The van der Waals surface area contributed by atoms with E-state index in [-0.39, 0.29) is 0 Å². The molecule has 2 aliphatic carbocycles. The predicted octanol–water partition coefficient (Wildman–Crippen LogP) is 2.73. The molecular weight excluding hydrogens is 204 g/mol. The summed E-state index contributed by atoms with van der Waals surface area (Å²) >= 11 is 1.78. The van der Waals surface area contributed by atoms with Crippen LogP contribution in [0.25, 0.3) is 0 Å². The van der Waals surface area contributed by atoms with E-state index in [2.05, 4.69) is 17.2 Å².